The molecule has 0 aliphatic heterocycles. The Kier molecular flexibility index (Phi) is 7.21. The molecule has 0 aliphatic rings. The third-order valence-corrected chi connectivity index (χ3v) is 3.46. The Labute approximate surface area is 107 Å². The Morgan fingerprint density at radius 1 is 1.33 bits per heavy atom. The van der Waals surface area contributed by atoms with Crippen molar-refractivity contribution in [1.29, 1.82) is 0 Å². The van der Waals surface area contributed by atoms with Crippen LogP contribution in [-0.4, -0.2) is 55.6 Å². The highest BCUT2D eigenvalue weighted by atomic mass is 32.2. The van der Waals surface area contributed by atoms with Crippen LogP contribution in [0.3, 0.4) is 0 Å². The smallest absolute Gasteiger partial charge is 0.328 e. The Balaban J connectivity index is 3.93. The number of carbonyl (C=O) groups is 2. The maximum atomic E-state index is 11.2. The predicted octanol–water partition coefficient (Wildman–Crippen LogP) is -0.585. The van der Waals surface area contributed by atoms with E-state index in [1.54, 1.807) is 6.92 Å². The van der Waals surface area contributed by atoms with Crippen molar-refractivity contribution < 1.29 is 23.1 Å². The third-order valence-electron chi connectivity index (χ3n) is 2.08. The molecule has 0 aliphatic carbocycles. The van der Waals surface area contributed by atoms with Gasteiger partial charge in [0.15, 0.2) is 0 Å². The van der Waals surface area contributed by atoms with Crippen molar-refractivity contribution in [3.8, 4) is 0 Å². The van der Waals surface area contributed by atoms with Gasteiger partial charge in [0.1, 0.15) is 0 Å². The molecular weight excluding hydrogens is 260 g/mol. The van der Waals surface area contributed by atoms with Crippen molar-refractivity contribution in [2.75, 3.05) is 25.9 Å². The number of carboxylic acid groups (broad SMARTS) is 1. The van der Waals surface area contributed by atoms with Crippen LogP contribution < -0.4 is 5.32 Å². The molecule has 0 saturated carbocycles. The molecule has 0 aromatic rings. The molecule has 8 heteroatoms. The van der Waals surface area contributed by atoms with Crippen molar-refractivity contribution in [1.82, 2.24) is 9.62 Å². The van der Waals surface area contributed by atoms with E-state index in [9.17, 15) is 18.0 Å². The summed E-state index contributed by atoms with van der Waals surface area (Å²) in [6, 6.07) is 0. The fourth-order valence-electron chi connectivity index (χ4n) is 1.23. The third kappa shape index (κ3) is 7.80. The van der Waals surface area contributed by atoms with Gasteiger partial charge in [0.2, 0.25) is 15.9 Å². The van der Waals surface area contributed by atoms with Gasteiger partial charge in [-0.1, -0.05) is 6.92 Å². The van der Waals surface area contributed by atoms with Gasteiger partial charge in [-0.25, -0.2) is 17.5 Å². The van der Waals surface area contributed by atoms with Crippen molar-refractivity contribution in [2.24, 2.45) is 0 Å². The number of sulfonamides is 1. The summed E-state index contributed by atoms with van der Waals surface area (Å²) in [7, 11) is -3.21. The van der Waals surface area contributed by atoms with Gasteiger partial charge >= 0.3 is 5.97 Å². The zero-order chi connectivity index (χ0) is 14.2. The summed E-state index contributed by atoms with van der Waals surface area (Å²) in [5.41, 5.74) is 0. The second-order valence-electron chi connectivity index (χ2n) is 3.57. The van der Waals surface area contributed by atoms with Crippen LogP contribution >= 0.6 is 0 Å². The van der Waals surface area contributed by atoms with Crippen LogP contribution in [0.25, 0.3) is 0 Å². The fraction of sp³-hybridized carbons (Fsp3) is 0.600. The van der Waals surface area contributed by atoms with E-state index in [2.05, 4.69) is 5.32 Å². The lowest BCUT2D eigenvalue weighted by Crippen LogP contribution is -2.33. The number of amides is 1. The maximum Gasteiger partial charge on any atom is 0.328 e. The second kappa shape index (κ2) is 7.83. The van der Waals surface area contributed by atoms with Gasteiger partial charge in [0, 0.05) is 31.8 Å². The topological polar surface area (TPSA) is 104 Å². The molecular formula is C10H18N2O5S. The van der Waals surface area contributed by atoms with Crippen LogP contribution in [0, 0.1) is 0 Å². The lowest BCUT2D eigenvalue weighted by molar-refractivity contribution is -0.131. The minimum absolute atomic E-state index is 0.287. The monoisotopic (exact) mass is 278 g/mol. The minimum Gasteiger partial charge on any atom is -0.478 e. The number of hydrogen-bond donors (Lipinski definition) is 2. The molecule has 0 saturated heterocycles. The van der Waals surface area contributed by atoms with Crippen LogP contribution in [0.4, 0.5) is 0 Å². The van der Waals surface area contributed by atoms with Gasteiger partial charge in [0.25, 0.3) is 0 Å². The largest absolute Gasteiger partial charge is 0.478 e. The van der Waals surface area contributed by atoms with E-state index < -0.39 is 21.9 Å². The molecule has 0 aromatic carbocycles. The molecule has 7 nitrogen and oxygen atoms in total. The highest BCUT2D eigenvalue weighted by Gasteiger charge is 2.13. The molecule has 0 bridgehead atoms. The number of carbonyl (C=O) groups excluding carboxylic acids is 1. The second-order valence-corrected chi connectivity index (χ2v) is 5.55. The van der Waals surface area contributed by atoms with Gasteiger partial charge in [-0.05, 0) is 6.42 Å². The first-order valence-corrected chi connectivity index (χ1v) is 7.26. The van der Waals surface area contributed by atoms with E-state index in [1.165, 1.54) is 4.31 Å². The zero-order valence-corrected chi connectivity index (χ0v) is 11.2. The average molecular weight is 278 g/mol. The zero-order valence-electron chi connectivity index (χ0n) is 10.4. The molecule has 0 unspecified atom stereocenters. The molecule has 0 fully saturated rings. The molecule has 2 N–H and O–H groups in total. The van der Waals surface area contributed by atoms with Crippen LogP contribution in [0.2, 0.25) is 0 Å². The quantitative estimate of drug-likeness (QED) is 0.456. The van der Waals surface area contributed by atoms with Gasteiger partial charge in [0.05, 0.1) is 6.26 Å². The Hall–Kier alpha value is -1.41. The Bertz CT molecular complexity index is 416. The van der Waals surface area contributed by atoms with Crippen molar-refractivity contribution in [2.45, 2.75) is 13.3 Å². The van der Waals surface area contributed by atoms with E-state index in [0.29, 0.717) is 19.5 Å². The van der Waals surface area contributed by atoms with E-state index in [4.69, 9.17) is 5.11 Å². The summed E-state index contributed by atoms with van der Waals surface area (Å²) in [6.45, 7) is 2.72. The first-order chi connectivity index (χ1) is 8.27. The molecule has 18 heavy (non-hydrogen) atoms. The van der Waals surface area contributed by atoms with Gasteiger partial charge in [-0.3, -0.25) is 4.79 Å². The Morgan fingerprint density at radius 3 is 2.39 bits per heavy atom. The summed E-state index contributed by atoms with van der Waals surface area (Å²) in [5, 5.41) is 10.7. The highest BCUT2D eigenvalue weighted by molar-refractivity contribution is 7.88. The number of rotatable bonds is 8. The average Bonchev–Trinajstić information content (AvgIpc) is 2.24. The van der Waals surface area contributed by atoms with Crippen LogP contribution in [0.5, 0.6) is 0 Å². The summed E-state index contributed by atoms with van der Waals surface area (Å²) in [4.78, 5) is 21.2. The maximum absolute atomic E-state index is 11.2. The molecule has 0 radical (unpaired) electrons. The van der Waals surface area contributed by atoms with Crippen LogP contribution in [0.1, 0.15) is 13.3 Å². The van der Waals surface area contributed by atoms with Gasteiger partial charge in [-0.15, -0.1) is 0 Å². The molecule has 0 spiro atoms. The van der Waals surface area contributed by atoms with Crippen LogP contribution in [-0.2, 0) is 19.6 Å². The number of aliphatic carboxylic acids is 1. The molecule has 0 rings (SSSR count). The number of nitrogens with one attached hydrogen (secondary N) is 1. The summed E-state index contributed by atoms with van der Waals surface area (Å²) in [6.07, 6.45) is 3.25. The molecule has 0 heterocycles. The minimum atomic E-state index is -3.21. The highest BCUT2D eigenvalue weighted by Crippen LogP contribution is 1.98. The molecule has 1 amide bonds. The normalized spacial score (nSPS) is 11.9. The number of nitrogens with zero attached hydrogens (tertiary/aromatic N) is 1. The Morgan fingerprint density at radius 2 is 1.94 bits per heavy atom. The fourth-order valence-corrected chi connectivity index (χ4v) is 2.16. The van der Waals surface area contributed by atoms with Crippen molar-refractivity contribution in [3.05, 3.63) is 12.2 Å². The lowest BCUT2D eigenvalue weighted by Gasteiger charge is -2.17. The molecule has 0 aromatic heterocycles. The predicted molar refractivity (Wildman–Crippen MR) is 66.5 cm³/mol. The summed E-state index contributed by atoms with van der Waals surface area (Å²) >= 11 is 0. The summed E-state index contributed by atoms with van der Waals surface area (Å²) < 4.78 is 23.8. The molecule has 104 valence electrons. The van der Waals surface area contributed by atoms with Gasteiger partial charge < -0.3 is 10.4 Å². The molecule has 0 atom stereocenters. The SMILES string of the molecule is CCN(CCCNC(=O)/C=C/C(=O)O)S(C)(=O)=O. The lowest BCUT2D eigenvalue weighted by atomic mass is 10.4. The van der Waals surface area contributed by atoms with E-state index in [1.807, 2.05) is 0 Å². The summed E-state index contributed by atoms with van der Waals surface area (Å²) in [5.74, 6) is -1.71. The number of hydrogen-bond acceptors (Lipinski definition) is 4. The first kappa shape index (κ1) is 16.6. The van der Waals surface area contributed by atoms with Crippen molar-refractivity contribution in [3.63, 3.8) is 0 Å². The van der Waals surface area contributed by atoms with E-state index >= 15 is 0 Å². The van der Waals surface area contributed by atoms with Crippen molar-refractivity contribution >= 4 is 21.9 Å². The first-order valence-electron chi connectivity index (χ1n) is 5.41. The van der Waals surface area contributed by atoms with Gasteiger partial charge in [-0.2, -0.15) is 0 Å². The van der Waals surface area contributed by atoms with E-state index in [0.717, 1.165) is 18.4 Å². The number of carboxylic acids is 1. The van der Waals surface area contributed by atoms with E-state index in [-0.39, 0.29) is 6.54 Å². The standard InChI is InChI=1S/C10H18N2O5S/c1-3-12(18(2,16)17)8-4-7-11-9(13)5-6-10(14)15/h5-6H,3-4,7-8H2,1-2H3,(H,11,13)(H,14,15)/b6-5+. The van der Waals surface area contributed by atoms with Crippen LogP contribution in [0.15, 0.2) is 12.2 Å².